The third-order valence-corrected chi connectivity index (χ3v) is 13.9. The van der Waals surface area contributed by atoms with Crippen molar-refractivity contribution in [2.75, 3.05) is 0 Å². The molecule has 0 saturated heterocycles. The summed E-state index contributed by atoms with van der Waals surface area (Å²) in [5.74, 6) is 0. The van der Waals surface area contributed by atoms with E-state index in [9.17, 15) is 0 Å². The molecule has 3 heteroatoms. The third kappa shape index (κ3) is 2.12. The van der Waals surface area contributed by atoms with E-state index < -0.39 is 8.24 Å². The van der Waals surface area contributed by atoms with Crippen molar-refractivity contribution in [3.05, 3.63) is 133 Å². The number of rotatable bonds is 2. The van der Waals surface area contributed by atoms with Gasteiger partial charge >= 0.3 is 0 Å². The highest BCUT2D eigenvalue weighted by atomic mass is 28.3. The van der Waals surface area contributed by atoms with Gasteiger partial charge in [0, 0.05) is 37.8 Å². The van der Waals surface area contributed by atoms with Crippen LogP contribution in [0.25, 0.3) is 59.9 Å². The average Bonchev–Trinajstić information content (AvgIpc) is 3.62. The minimum absolute atomic E-state index is 1.32. The molecule has 9 aromatic rings. The van der Waals surface area contributed by atoms with Gasteiger partial charge in [-0.25, -0.2) is 0 Å². The van der Waals surface area contributed by atoms with Gasteiger partial charge in [-0.1, -0.05) is 127 Å². The van der Waals surface area contributed by atoms with Crippen LogP contribution < -0.4 is 15.6 Å². The van der Waals surface area contributed by atoms with Crippen LogP contribution >= 0.6 is 0 Å². The van der Waals surface area contributed by atoms with E-state index in [0.29, 0.717) is 0 Å². The lowest BCUT2D eigenvalue weighted by molar-refractivity contribution is 1.31. The smallest absolute Gasteiger partial charge is 0.259 e. The van der Waals surface area contributed by atoms with Crippen molar-refractivity contribution >= 4 is 83.7 Å². The van der Waals surface area contributed by atoms with E-state index >= 15 is 0 Å². The number of hydrogen-bond donors (Lipinski definition) is 0. The monoisotopic (exact) mass is 510 g/mol. The maximum atomic E-state index is 2.81. The van der Waals surface area contributed by atoms with Gasteiger partial charge in [0.25, 0.3) is 8.24 Å². The van der Waals surface area contributed by atoms with Gasteiger partial charge in [0.15, 0.2) is 0 Å². The Kier molecular flexibility index (Phi) is 3.49. The summed E-state index contributed by atoms with van der Waals surface area (Å²) in [6.07, 6.45) is 0. The van der Waals surface area contributed by atoms with Crippen molar-refractivity contribution in [3.8, 4) is 0 Å². The number of para-hydroxylation sites is 3. The van der Waals surface area contributed by atoms with Crippen molar-refractivity contribution in [1.82, 2.24) is 8.63 Å². The van der Waals surface area contributed by atoms with Gasteiger partial charge in [-0.3, -0.25) is 0 Å². The Morgan fingerprint density at radius 3 is 1.56 bits per heavy atom. The molecule has 0 fully saturated rings. The normalized spacial score (nSPS) is 14.4. The topological polar surface area (TPSA) is 9.34 Å². The van der Waals surface area contributed by atoms with E-state index in [1.807, 2.05) is 0 Å². The molecule has 180 valence electrons. The van der Waals surface area contributed by atoms with Crippen molar-refractivity contribution < 1.29 is 0 Å². The number of fused-ring (bicyclic) bond motifs is 5. The summed E-state index contributed by atoms with van der Waals surface area (Å²) in [5.41, 5.74) is 6.75. The highest BCUT2D eigenvalue weighted by Gasteiger charge is 2.47. The van der Waals surface area contributed by atoms with Gasteiger partial charge in [0.05, 0.1) is 22.1 Å². The largest absolute Gasteiger partial charge is 0.353 e. The van der Waals surface area contributed by atoms with Crippen molar-refractivity contribution in [1.29, 1.82) is 0 Å². The molecule has 2 nitrogen and oxygen atoms in total. The highest BCUT2D eigenvalue weighted by Crippen LogP contribution is 2.45. The molecule has 39 heavy (non-hydrogen) atoms. The fraction of sp³-hybridized carbons (Fsp3) is 0. The predicted molar refractivity (Wildman–Crippen MR) is 167 cm³/mol. The van der Waals surface area contributed by atoms with Crippen LogP contribution in [0.5, 0.6) is 0 Å². The van der Waals surface area contributed by atoms with Crippen LogP contribution in [-0.2, 0) is 0 Å². The summed E-state index contributed by atoms with van der Waals surface area (Å²) >= 11 is 0. The Labute approximate surface area is 225 Å². The van der Waals surface area contributed by atoms with Crippen LogP contribution in [0, 0.1) is 0 Å². The summed E-state index contributed by atoms with van der Waals surface area (Å²) < 4.78 is 5.43. The molecule has 0 aliphatic carbocycles. The van der Waals surface area contributed by atoms with Gasteiger partial charge in [-0.05, 0) is 21.6 Å². The molecule has 4 heterocycles. The summed E-state index contributed by atoms with van der Waals surface area (Å²) in [5, 5.41) is 12.3. The summed E-state index contributed by atoms with van der Waals surface area (Å²) in [7, 11) is -2.84. The molecule has 3 aromatic heterocycles. The zero-order valence-electron chi connectivity index (χ0n) is 21.1. The first-order chi connectivity index (χ1) is 19.4. The van der Waals surface area contributed by atoms with Crippen molar-refractivity contribution in [3.63, 3.8) is 0 Å². The molecule has 0 N–H and O–H groups in total. The molecule has 0 radical (unpaired) electrons. The Hall–Kier alpha value is -4.86. The van der Waals surface area contributed by atoms with E-state index in [4.69, 9.17) is 0 Å². The van der Waals surface area contributed by atoms with Crippen LogP contribution in [0.2, 0.25) is 0 Å². The first-order valence-corrected chi connectivity index (χ1v) is 15.6. The van der Waals surface area contributed by atoms with Crippen LogP contribution in [-0.4, -0.2) is 16.9 Å². The maximum Gasteiger partial charge on any atom is 0.259 e. The molecule has 1 aliphatic heterocycles. The average molecular weight is 511 g/mol. The first-order valence-electron chi connectivity index (χ1n) is 13.6. The molecule has 0 unspecified atom stereocenters. The standard InChI is InChI=1S/C36H22N2Si/c1-3-11-23(12-4-1)39(24-13-5-2-6-14-24)32-20-10-18-28-26-16-9-17-27-30-22-21-29-25-15-7-8-19-31(25)38(39)36(29)35(30)37(33(26)27)34(28)32/h1-22H. The molecule has 0 saturated carbocycles. The lowest BCUT2D eigenvalue weighted by Gasteiger charge is -2.36. The molecule has 0 bridgehead atoms. The van der Waals surface area contributed by atoms with Crippen LogP contribution in [0.1, 0.15) is 0 Å². The number of aromatic nitrogens is 2. The van der Waals surface area contributed by atoms with Crippen LogP contribution in [0.15, 0.2) is 133 Å². The summed E-state index contributed by atoms with van der Waals surface area (Å²) in [6.45, 7) is 0. The number of hydrogen-bond acceptors (Lipinski definition) is 0. The molecular formula is C36H22N2Si. The van der Waals surface area contributed by atoms with Gasteiger partial charge in [0.1, 0.15) is 0 Å². The fourth-order valence-electron chi connectivity index (χ4n) is 7.90. The third-order valence-electron chi connectivity index (χ3n) is 9.24. The minimum atomic E-state index is -2.84. The van der Waals surface area contributed by atoms with Crippen LogP contribution in [0.3, 0.4) is 0 Å². The molecular weight excluding hydrogens is 488 g/mol. The SMILES string of the molecule is c1ccc([Si]2(c3ccccc3)c3cccc4c5cccc6c7ccc8c9ccccc9n2c8c7n(c34)c56)cc1. The van der Waals surface area contributed by atoms with Gasteiger partial charge in [-0.15, -0.1) is 0 Å². The Bertz CT molecular complexity index is 2390. The van der Waals surface area contributed by atoms with Gasteiger partial charge < -0.3 is 8.63 Å². The lowest BCUT2D eigenvalue weighted by atomic mass is 10.1. The van der Waals surface area contributed by atoms with Gasteiger partial charge in [-0.2, -0.15) is 0 Å². The van der Waals surface area contributed by atoms with E-state index in [2.05, 4.69) is 142 Å². The zero-order chi connectivity index (χ0) is 25.3. The molecule has 0 spiro atoms. The highest BCUT2D eigenvalue weighted by molar-refractivity contribution is 7.12. The molecule has 0 amide bonds. The van der Waals surface area contributed by atoms with E-state index in [1.165, 1.54) is 75.5 Å². The Morgan fingerprint density at radius 2 is 0.872 bits per heavy atom. The van der Waals surface area contributed by atoms with Crippen molar-refractivity contribution in [2.45, 2.75) is 0 Å². The van der Waals surface area contributed by atoms with E-state index in [0.717, 1.165) is 0 Å². The van der Waals surface area contributed by atoms with Gasteiger partial charge in [0.2, 0.25) is 0 Å². The van der Waals surface area contributed by atoms with E-state index in [-0.39, 0.29) is 0 Å². The summed E-state index contributed by atoms with van der Waals surface area (Å²) in [4.78, 5) is 0. The van der Waals surface area contributed by atoms with Crippen LogP contribution in [0.4, 0.5) is 0 Å². The number of benzene rings is 6. The molecule has 0 atom stereocenters. The molecule has 6 aromatic carbocycles. The quantitative estimate of drug-likeness (QED) is 0.227. The second-order valence-electron chi connectivity index (χ2n) is 10.9. The molecule has 10 rings (SSSR count). The maximum absolute atomic E-state index is 2.84. The second-order valence-corrected chi connectivity index (χ2v) is 14.5. The Balaban J connectivity index is 1.65. The predicted octanol–water partition coefficient (Wildman–Crippen LogP) is 6.77. The second kappa shape index (κ2) is 6.76. The van der Waals surface area contributed by atoms with E-state index in [1.54, 1.807) is 0 Å². The minimum Gasteiger partial charge on any atom is -0.353 e. The summed E-state index contributed by atoms with van der Waals surface area (Å²) in [6, 6.07) is 50.4. The molecule has 1 aliphatic rings. The van der Waals surface area contributed by atoms with Crippen molar-refractivity contribution in [2.24, 2.45) is 0 Å². The first kappa shape index (κ1) is 20.1. The zero-order valence-corrected chi connectivity index (χ0v) is 22.1. The number of nitrogens with zero attached hydrogens (tertiary/aromatic N) is 2. The fourth-order valence-corrected chi connectivity index (χ4v) is 13.0. The Morgan fingerprint density at radius 1 is 0.359 bits per heavy atom. The lowest BCUT2D eigenvalue weighted by Crippen LogP contribution is -2.72.